The summed E-state index contributed by atoms with van der Waals surface area (Å²) < 4.78 is 20.1. The highest BCUT2D eigenvalue weighted by atomic mass is 19.1. The molecule has 0 aliphatic rings. The Labute approximate surface area is 154 Å². The van der Waals surface area contributed by atoms with E-state index in [4.69, 9.17) is 4.42 Å². The van der Waals surface area contributed by atoms with E-state index in [0.717, 1.165) is 5.52 Å². The Morgan fingerprint density at radius 2 is 1.85 bits per heavy atom. The number of Topliss-reactive ketones (excluding diaryl/α,β-unsaturated/α-hetero) is 1. The van der Waals surface area contributed by atoms with Crippen molar-refractivity contribution in [2.24, 2.45) is 0 Å². The van der Waals surface area contributed by atoms with Crippen LogP contribution in [0.15, 0.2) is 77.5 Å². The van der Waals surface area contributed by atoms with Crippen molar-refractivity contribution in [3.8, 4) is 11.1 Å². The number of hydrogen-bond donors (Lipinski definition) is 1. The van der Waals surface area contributed by atoms with Crippen LogP contribution in [0.2, 0.25) is 0 Å². The lowest BCUT2D eigenvalue weighted by molar-refractivity contribution is -0.117. The average molecular weight is 362 g/mol. The summed E-state index contributed by atoms with van der Waals surface area (Å²) in [5, 5.41) is 2.57. The summed E-state index contributed by atoms with van der Waals surface area (Å²) in [5.41, 5.74) is 2.22. The number of carbonyl (C=O) groups excluding carboxylic acids is 2. The molecule has 0 fully saturated rings. The number of aromatic nitrogens is 1. The first-order valence-corrected chi connectivity index (χ1v) is 8.34. The van der Waals surface area contributed by atoms with Crippen molar-refractivity contribution in [1.82, 2.24) is 9.72 Å². The van der Waals surface area contributed by atoms with Gasteiger partial charge in [-0.05, 0) is 48.0 Å². The second-order valence-corrected chi connectivity index (χ2v) is 6.00. The van der Waals surface area contributed by atoms with Crippen molar-refractivity contribution in [1.29, 1.82) is 0 Å². The predicted octanol–water partition coefficient (Wildman–Crippen LogP) is 3.84. The van der Waals surface area contributed by atoms with Crippen LogP contribution < -0.4 is 5.32 Å². The molecule has 6 heteroatoms. The Hall–Kier alpha value is -3.67. The highest BCUT2D eigenvalue weighted by Crippen LogP contribution is 2.28. The molecule has 0 unspecified atom stereocenters. The Bertz CT molecular complexity index is 1110. The highest BCUT2D eigenvalue weighted by molar-refractivity contribution is 6.43. The molecule has 5 nitrogen and oxygen atoms in total. The Morgan fingerprint density at radius 1 is 1.04 bits per heavy atom. The van der Waals surface area contributed by atoms with Gasteiger partial charge in [0.25, 0.3) is 11.7 Å². The molecule has 134 valence electrons. The molecule has 0 aliphatic heterocycles. The van der Waals surface area contributed by atoms with E-state index in [9.17, 15) is 14.0 Å². The third kappa shape index (κ3) is 3.25. The van der Waals surface area contributed by atoms with Crippen molar-refractivity contribution in [2.45, 2.75) is 6.54 Å². The van der Waals surface area contributed by atoms with E-state index in [0.29, 0.717) is 16.9 Å². The van der Waals surface area contributed by atoms with Crippen LogP contribution in [0.1, 0.15) is 16.2 Å². The van der Waals surface area contributed by atoms with Gasteiger partial charge in [0.2, 0.25) is 0 Å². The Balaban J connectivity index is 1.72. The number of carbonyl (C=O) groups is 2. The Morgan fingerprint density at radius 3 is 2.59 bits per heavy atom. The molecule has 1 aromatic carbocycles. The molecule has 0 aliphatic carbocycles. The second kappa shape index (κ2) is 6.92. The molecule has 1 amide bonds. The number of hydrogen-bond acceptors (Lipinski definition) is 3. The van der Waals surface area contributed by atoms with Crippen molar-refractivity contribution >= 4 is 17.2 Å². The molecule has 0 atom stereocenters. The van der Waals surface area contributed by atoms with Gasteiger partial charge in [-0.15, -0.1) is 0 Å². The number of nitrogens with one attached hydrogen (secondary N) is 1. The topological polar surface area (TPSA) is 63.7 Å². The van der Waals surface area contributed by atoms with Crippen LogP contribution in [0.5, 0.6) is 0 Å². The minimum atomic E-state index is -0.737. The summed E-state index contributed by atoms with van der Waals surface area (Å²) >= 11 is 0. The summed E-state index contributed by atoms with van der Waals surface area (Å²) in [7, 11) is 0. The quantitative estimate of drug-likeness (QED) is 0.433. The molecule has 0 radical (unpaired) electrons. The molecule has 4 aromatic rings. The first-order valence-electron chi connectivity index (χ1n) is 8.34. The largest absolute Gasteiger partial charge is 0.467 e. The van der Waals surface area contributed by atoms with E-state index in [2.05, 4.69) is 5.32 Å². The fourth-order valence-electron chi connectivity index (χ4n) is 2.97. The minimum Gasteiger partial charge on any atom is -0.467 e. The minimum absolute atomic E-state index is 0.118. The fraction of sp³-hybridized carbons (Fsp3) is 0.0476. The monoisotopic (exact) mass is 362 g/mol. The van der Waals surface area contributed by atoms with Crippen LogP contribution in [0.4, 0.5) is 4.39 Å². The summed E-state index contributed by atoms with van der Waals surface area (Å²) in [4.78, 5) is 25.3. The van der Waals surface area contributed by atoms with Crippen LogP contribution in [0.3, 0.4) is 0 Å². The van der Waals surface area contributed by atoms with E-state index in [1.54, 1.807) is 47.0 Å². The zero-order valence-electron chi connectivity index (χ0n) is 14.2. The number of amides is 1. The SMILES string of the molecule is O=C(NCc1ccco1)C(=O)c1c(-c2ccc(F)cc2)cc2ccccn12. The van der Waals surface area contributed by atoms with Crippen LogP contribution >= 0.6 is 0 Å². The number of ketones is 1. The average Bonchev–Trinajstić information content (AvgIpc) is 3.33. The van der Waals surface area contributed by atoms with Gasteiger partial charge >= 0.3 is 0 Å². The molecule has 0 spiro atoms. The van der Waals surface area contributed by atoms with Crippen LogP contribution in [-0.2, 0) is 11.3 Å². The number of furan rings is 1. The summed E-state index contributed by atoms with van der Waals surface area (Å²) in [6.07, 6.45) is 3.21. The number of fused-ring (bicyclic) bond motifs is 1. The first-order chi connectivity index (χ1) is 13.1. The normalized spacial score (nSPS) is 10.9. The smallest absolute Gasteiger partial charge is 0.294 e. The van der Waals surface area contributed by atoms with Crippen molar-refractivity contribution < 1.29 is 18.4 Å². The van der Waals surface area contributed by atoms with E-state index < -0.39 is 11.7 Å². The molecule has 0 saturated heterocycles. The van der Waals surface area contributed by atoms with Gasteiger partial charge in [0.05, 0.1) is 12.8 Å². The summed E-state index contributed by atoms with van der Waals surface area (Å²) in [6.45, 7) is 0.118. The lowest BCUT2D eigenvalue weighted by atomic mass is 10.0. The van der Waals surface area contributed by atoms with Crippen molar-refractivity contribution in [3.63, 3.8) is 0 Å². The van der Waals surface area contributed by atoms with Gasteiger partial charge in [0.15, 0.2) is 0 Å². The van der Waals surface area contributed by atoms with Crippen LogP contribution in [-0.4, -0.2) is 16.1 Å². The number of benzene rings is 1. The predicted molar refractivity (Wildman–Crippen MR) is 97.7 cm³/mol. The van der Waals surface area contributed by atoms with E-state index in [1.165, 1.54) is 18.4 Å². The number of halogens is 1. The molecule has 3 heterocycles. The third-order valence-electron chi connectivity index (χ3n) is 4.26. The van der Waals surface area contributed by atoms with Crippen LogP contribution in [0, 0.1) is 5.82 Å². The number of nitrogens with zero attached hydrogens (tertiary/aromatic N) is 1. The van der Waals surface area contributed by atoms with Gasteiger partial charge in [0, 0.05) is 17.3 Å². The van der Waals surface area contributed by atoms with Gasteiger partial charge in [-0.25, -0.2) is 4.39 Å². The molecule has 0 bridgehead atoms. The number of pyridine rings is 1. The van der Waals surface area contributed by atoms with Crippen LogP contribution in [0.25, 0.3) is 16.6 Å². The van der Waals surface area contributed by atoms with E-state index >= 15 is 0 Å². The molecule has 1 N–H and O–H groups in total. The third-order valence-corrected chi connectivity index (χ3v) is 4.26. The molecular formula is C21H15FN2O3. The maximum absolute atomic E-state index is 13.3. The molecule has 4 rings (SSSR count). The highest BCUT2D eigenvalue weighted by Gasteiger charge is 2.24. The van der Waals surface area contributed by atoms with E-state index in [1.807, 2.05) is 12.1 Å². The van der Waals surface area contributed by atoms with Crippen molar-refractivity contribution in [2.75, 3.05) is 0 Å². The van der Waals surface area contributed by atoms with Gasteiger partial charge in [-0.1, -0.05) is 18.2 Å². The molecule has 0 saturated carbocycles. The summed E-state index contributed by atoms with van der Waals surface area (Å²) in [5.74, 6) is -1.23. The maximum atomic E-state index is 13.3. The number of rotatable bonds is 5. The molecular weight excluding hydrogens is 347 g/mol. The zero-order valence-corrected chi connectivity index (χ0v) is 14.2. The maximum Gasteiger partial charge on any atom is 0.294 e. The van der Waals surface area contributed by atoms with Gasteiger partial charge < -0.3 is 14.1 Å². The second-order valence-electron chi connectivity index (χ2n) is 6.00. The van der Waals surface area contributed by atoms with Gasteiger partial charge in [-0.2, -0.15) is 0 Å². The molecule has 27 heavy (non-hydrogen) atoms. The summed E-state index contributed by atoms with van der Waals surface area (Å²) in [6, 6.07) is 16.5. The van der Waals surface area contributed by atoms with E-state index in [-0.39, 0.29) is 18.1 Å². The fourth-order valence-corrected chi connectivity index (χ4v) is 2.97. The first kappa shape index (κ1) is 16.8. The van der Waals surface area contributed by atoms with Gasteiger partial charge in [0.1, 0.15) is 17.3 Å². The zero-order chi connectivity index (χ0) is 18.8. The standard InChI is InChI=1S/C21H15FN2O3/c22-15-8-6-14(7-9-15)18-12-16-4-1-2-10-24(16)19(18)20(25)21(26)23-13-17-5-3-11-27-17/h1-12H,13H2,(H,23,26). The lowest BCUT2D eigenvalue weighted by Crippen LogP contribution is -2.31. The van der Waals surface area contributed by atoms with Gasteiger partial charge in [-0.3, -0.25) is 9.59 Å². The molecule has 3 aromatic heterocycles. The Kier molecular flexibility index (Phi) is 4.30. The lowest BCUT2D eigenvalue weighted by Gasteiger charge is -2.07. The van der Waals surface area contributed by atoms with Crippen molar-refractivity contribution in [3.05, 3.63) is 90.4 Å².